The molecule has 136 valence electrons. The number of hydrogen-bond acceptors (Lipinski definition) is 3. The minimum absolute atomic E-state index is 0.0104. The van der Waals surface area contributed by atoms with Crippen LogP contribution in [-0.4, -0.2) is 21.8 Å². The molecule has 0 saturated carbocycles. The largest absolute Gasteiger partial charge is 0.478 e. The van der Waals surface area contributed by atoms with Gasteiger partial charge in [0.25, 0.3) is 0 Å². The van der Waals surface area contributed by atoms with Crippen LogP contribution in [0.1, 0.15) is 25.0 Å². The SMILES string of the molecule is CS(=O)c1ccc(C2=C(c3cc(F)cc(F)c3)C(=O)C(C)(C)O2)cc1F. The maximum atomic E-state index is 14.2. The Hall–Kier alpha value is -2.41. The lowest BCUT2D eigenvalue weighted by atomic mass is 9.92. The predicted molar refractivity (Wildman–Crippen MR) is 92.1 cm³/mol. The lowest BCUT2D eigenvalue weighted by Gasteiger charge is -2.18. The molecule has 26 heavy (non-hydrogen) atoms. The normalized spacial score (nSPS) is 17.4. The third-order valence-electron chi connectivity index (χ3n) is 4.01. The van der Waals surface area contributed by atoms with Crippen molar-refractivity contribution in [2.24, 2.45) is 0 Å². The van der Waals surface area contributed by atoms with E-state index in [4.69, 9.17) is 4.74 Å². The standard InChI is InChI=1S/C19H15F3O3S/c1-19(2)18(23)16(11-6-12(20)9-13(21)7-11)17(25-19)10-4-5-15(26(3)24)14(22)8-10/h4-9H,1-3H3. The van der Waals surface area contributed by atoms with Crippen LogP contribution in [0.5, 0.6) is 0 Å². The first-order valence-corrected chi connectivity index (χ1v) is 9.24. The highest BCUT2D eigenvalue weighted by Gasteiger charge is 2.43. The summed E-state index contributed by atoms with van der Waals surface area (Å²) < 4.78 is 58.7. The number of ketones is 1. The zero-order valence-corrected chi connectivity index (χ0v) is 15.0. The molecule has 1 unspecified atom stereocenters. The van der Waals surface area contributed by atoms with Crippen LogP contribution in [0.3, 0.4) is 0 Å². The van der Waals surface area contributed by atoms with Crippen molar-refractivity contribution in [3.8, 4) is 0 Å². The van der Waals surface area contributed by atoms with Crippen molar-refractivity contribution in [2.75, 3.05) is 6.26 Å². The molecular weight excluding hydrogens is 365 g/mol. The molecule has 3 rings (SSSR count). The van der Waals surface area contributed by atoms with E-state index in [0.717, 1.165) is 18.2 Å². The number of halogens is 3. The summed E-state index contributed by atoms with van der Waals surface area (Å²) in [4.78, 5) is 12.7. The van der Waals surface area contributed by atoms with Gasteiger partial charge in [0.15, 0.2) is 5.60 Å². The van der Waals surface area contributed by atoms with Crippen LogP contribution >= 0.6 is 0 Å². The molecule has 0 saturated heterocycles. The molecular formula is C19H15F3O3S. The molecule has 7 heteroatoms. The molecule has 0 fully saturated rings. The summed E-state index contributed by atoms with van der Waals surface area (Å²) in [5.74, 6) is -2.85. The average Bonchev–Trinajstić information content (AvgIpc) is 2.76. The zero-order valence-electron chi connectivity index (χ0n) is 14.2. The minimum atomic E-state index is -1.52. The molecule has 0 bridgehead atoms. The third-order valence-corrected chi connectivity index (χ3v) is 4.96. The van der Waals surface area contributed by atoms with E-state index >= 15 is 0 Å². The van der Waals surface area contributed by atoms with Gasteiger partial charge in [-0.15, -0.1) is 0 Å². The van der Waals surface area contributed by atoms with E-state index in [-0.39, 0.29) is 27.4 Å². The molecule has 0 N–H and O–H groups in total. The van der Waals surface area contributed by atoms with E-state index in [1.54, 1.807) is 0 Å². The van der Waals surface area contributed by atoms with Gasteiger partial charge < -0.3 is 4.74 Å². The van der Waals surface area contributed by atoms with Gasteiger partial charge in [0, 0.05) is 17.9 Å². The molecule has 0 aliphatic carbocycles. The van der Waals surface area contributed by atoms with E-state index in [9.17, 15) is 22.2 Å². The molecule has 0 spiro atoms. The highest BCUT2D eigenvalue weighted by molar-refractivity contribution is 7.84. The van der Waals surface area contributed by atoms with E-state index in [1.165, 1.54) is 32.2 Å². The van der Waals surface area contributed by atoms with Gasteiger partial charge in [-0.05, 0) is 49.7 Å². The van der Waals surface area contributed by atoms with Gasteiger partial charge in [-0.3, -0.25) is 9.00 Å². The lowest BCUT2D eigenvalue weighted by molar-refractivity contribution is -0.125. The summed E-state index contributed by atoms with van der Waals surface area (Å²) in [7, 11) is -1.52. The number of hydrogen-bond donors (Lipinski definition) is 0. The van der Waals surface area contributed by atoms with E-state index in [2.05, 4.69) is 0 Å². The van der Waals surface area contributed by atoms with Crippen molar-refractivity contribution in [1.29, 1.82) is 0 Å². The van der Waals surface area contributed by atoms with Crippen molar-refractivity contribution in [2.45, 2.75) is 24.3 Å². The second-order valence-corrected chi connectivity index (χ2v) is 7.75. The Kier molecular flexibility index (Phi) is 4.52. The summed E-state index contributed by atoms with van der Waals surface area (Å²) in [5, 5.41) is 0. The quantitative estimate of drug-likeness (QED) is 0.806. The van der Waals surface area contributed by atoms with Crippen molar-refractivity contribution in [3.05, 3.63) is 65.0 Å². The van der Waals surface area contributed by atoms with E-state index in [0.29, 0.717) is 6.07 Å². The maximum Gasteiger partial charge on any atom is 0.210 e. The number of carbonyl (C=O) groups excluding carboxylic acids is 1. The third kappa shape index (κ3) is 3.19. The number of rotatable bonds is 3. The maximum absolute atomic E-state index is 14.2. The van der Waals surface area contributed by atoms with Crippen LogP contribution in [0.2, 0.25) is 0 Å². The zero-order chi connectivity index (χ0) is 19.2. The van der Waals surface area contributed by atoms with Gasteiger partial charge in [0.05, 0.1) is 21.3 Å². The summed E-state index contributed by atoms with van der Waals surface area (Å²) in [6.45, 7) is 3.04. The second kappa shape index (κ2) is 6.39. The highest BCUT2D eigenvalue weighted by Crippen LogP contribution is 2.41. The molecule has 1 aliphatic heterocycles. The van der Waals surface area contributed by atoms with Crippen LogP contribution in [0.25, 0.3) is 11.3 Å². The van der Waals surface area contributed by atoms with Gasteiger partial charge in [-0.1, -0.05) is 0 Å². The highest BCUT2D eigenvalue weighted by atomic mass is 32.2. The Labute approximate surface area is 150 Å². The van der Waals surface area contributed by atoms with Crippen molar-refractivity contribution in [3.63, 3.8) is 0 Å². The van der Waals surface area contributed by atoms with Crippen LogP contribution in [0.4, 0.5) is 13.2 Å². The van der Waals surface area contributed by atoms with Crippen LogP contribution in [0, 0.1) is 17.5 Å². The Morgan fingerprint density at radius 1 is 0.962 bits per heavy atom. The van der Waals surface area contributed by atoms with Crippen LogP contribution in [0.15, 0.2) is 41.3 Å². The Bertz CT molecular complexity index is 960. The van der Waals surface area contributed by atoms with Crippen molar-refractivity contribution in [1.82, 2.24) is 0 Å². The topological polar surface area (TPSA) is 43.4 Å². The molecule has 0 amide bonds. The Morgan fingerprint density at radius 2 is 1.58 bits per heavy atom. The molecule has 0 radical (unpaired) electrons. The molecule has 3 nitrogen and oxygen atoms in total. The minimum Gasteiger partial charge on any atom is -0.478 e. The van der Waals surface area contributed by atoms with Crippen LogP contribution < -0.4 is 0 Å². The van der Waals surface area contributed by atoms with E-state index < -0.39 is 39.6 Å². The van der Waals surface area contributed by atoms with Crippen molar-refractivity contribution < 1.29 is 26.9 Å². The van der Waals surface area contributed by atoms with Gasteiger partial charge >= 0.3 is 0 Å². The summed E-state index contributed by atoms with van der Waals surface area (Å²) in [5.41, 5.74) is -1.07. The molecule has 1 aliphatic rings. The van der Waals surface area contributed by atoms with Gasteiger partial charge in [-0.2, -0.15) is 0 Å². The first-order chi connectivity index (χ1) is 12.1. The number of carbonyl (C=O) groups is 1. The summed E-state index contributed by atoms with van der Waals surface area (Å²) in [6, 6.07) is 6.62. The number of Topliss-reactive ketones (excluding diaryl/α,β-unsaturated/α-hetero) is 1. The van der Waals surface area contributed by atoms with Gasteiger partial charge in [-0.25, -0.2) is 13.2 Å². The second-order valence-electron chi connectivity index (χ2n) is 6.40. The first-order valence-electron chi connectivity index (χ1n) is 7.68. The fourth-order valence-electron chi connectivity index (χ4n) is 2.80. The molecule has 2 aromatic carbocycles. The van der Waals surface area contributed by atoms with Crippen molar-refractivity contribution >= 4 is 27.9 Å². The molecule has 2 aromatic rings. The smallest absolute Gasteiger partial charge is 0.210 e. The lowest BCUT2D eigenvalue weighted by Crippen LogP contribution is -2.29. The summed E-state index contributed by atoms with van der Waals surface area (Å²) in [6.07, 6.45) is 1.34. The monoisotopic (exact) mass is 380 g/mol. The number of ether oxygens (including phenoxy) is 1. The first kappa shape index (κ1) is 18.4. The molecule has 1 heterocycles. The van der Waals surface area contributed by atoms with E-state index in [1.807, 2.05) is 0 Å². The van der Waals surface area contributed by atoms with Crippen LogP contribution in [-0.2, 0) is 20.3 Å². The summed E-state index contributed by atoms with van der Waals surface area (Å²) >= 11 is 0. The van der Waals surface area contributed by atoms with Gasteiger partial charge in [0.2, 0.25) is 5.78 Å². The fraction of sp³-hybridized carbons (Fsp3) is 0.211. The number of benzene rings is 2. The Morgan fingerprint density at radius 3 is 2.12 bits per heavy atom. The molecule has 1 atom stereocenters. The Balaban J connectivity index is 2.23. The fourth-order valence-corrected chi connectivity index (χ4v) is 3.39. The molecule has 0 aromatic heterocycles. The van der Waals surface area contributed by atoms with Gasteiger partial charge in [0.1, 0.15) is 23.2 Å². The predicted octanol–water partition coefficient (Wildman–Crippen LogP) is 4.09. The average molecular weight is 380 g/mol.